The predicted molar refractivity (Wildman–Crippen MR) is 94.4 cm³/mol. The summed E-state index contributed by atoms with van der Waals surface area (Å²) in [5.74, 6) is -0.0998. The molecule has 0 radical (unpaired) electrons. The number of nitrogens with zero attached hydrogens (tertiary/aromatic N) is 1. The molecule has 1 aromatic rings. The number of anilines is 1. The Morgan fingerprint density at radius 1 is 1.28 bits per heavy atom. The Morgan fingerprint density at radius 3 is 2.76 bits per heavy atom. The van der Waals surface area contributed by atoms with Gasteiger partial charge in [0.25, 0.3) is 5.91 Å². The molecule has 6 heteroatoms. The molecule has 0 aromatic heterocycles. The van der Waals surface area contributed by atoms with Gasteiger partial charge in [-0.3, -0.25) is 4.79 Å². The van der Waals surface area contributed by atoms with Gasteiger partial charge in [0, 0.05) is 25.4 Å². The van der Waals surface area contributed by atoms with Gasteiger partial charge in [-0.2, -0.15) is 0 Å². The first-order chi connectivity index (χ1) is 11.8. The van der Waals surface area contributed by atoms with Gasteiger partial charge in [0.05, 0.1) is 0 Å². The highest BCUT2D eigenvalue weighted by molar-refractivity contribution is 5.94. The number of fused-ring (bicyclic) bond motifs is 1. The Balaban J connectivity index is 1.66. The molecule has 0 saturated carbocycles. The van der Waals surface area contributed by atoms with Gasteiger partial charge in [-0.05, 0) is 63.3 Å². The van der Waals surface area contributed by atoms with E-state index in [1.54, 1.807) is 4.90 Å². The molecular weight excluding hydrogens is 320 g/mol. The van der Waals surface area contributed by atoms with Gasteiger partial charge in [-0.1, -0.05) is 6.07 Å². The summed E-state index contributed by atoms with van der Waals surface area (Å²) in [6.45, 7) is 7.37. The van der Waals surface area contributed by atoms with E-state index in [4.69, 9.17) is 9.47 Å². The van der Waals surface area contributed by atoms with Gasteiger partial charge in [0.1, 0.15) is 11.7 Å². The van der Waals surface area contributed by atoms with Crippen molar-refractivity contribution in [3.8, 4) is 0 Å². The Labute approximate surface area is 148 Å². The third-order valence-electron chi connectivity index (χ3n) is 4.36. The van der Waals surface area contributed by atoms with E-state index in [1.807, 2.05) is 39.0 Å². The zero-order chi connectivity index (χ0) is 18.0. The van der Waals surface area contributed by atoms with Crippen LogP contribution in [0.25, 0.3) is 0 Å². The Kier molecular flexibility index (Phi) is 4.99. The van der Waals surface area contributed by atoms with Crippen LogP contribution in [0, 0.1) is 0 Å². The smallest absolute Gasteiger partial charge is 0.410 e. The van der Waals surface area contributed by atoms with Crippen molar-refractivity contribution in [2.45, 2.75) is 58.3 Å². The second-order valence-corrected chi connectivity index (χ2v) is 7.63. The molecule has 1 fully saturated rings. The second kappa shape index (κ2) is 7.04. The van der Waals surface area contributed by atoms with Crippen molar-refractivity contribution in [1.29, 1.82) is 0 Å². The van der Waals surface area contributed by atoms with Crippen molar-refractivity contribution >= 4 is 17.7 Å². The molecule has 0 bridgehead atoms. The van der Waals surface area contributed by atoms with Crippen LogP contribution in [-0.4, -0.2) is 41.8 Å². The van der Waals surface area contributed by atoms with Gasteiger partial charge in [-0.15, -0.1) is 0 Å². The van der Waals surface area contributed by atoms with Crippen LogP contribution in [0.5, 0.6) is 0 Å². The minimum atomic E-state index is -0.505. The van der Waals surface area contributed by atoms with E-state index < -0.39 is 5.60 Å². The van der Waals surface area contributed by atoms with Crippen molar-refractivity contribution in [2.24, 2.45) is 0 Å². The highest BCUT2D eigenvalue weighted by atomic mass is 16.6. The number of hydrogen-bond acceptors (Lipinski definition) is 4. The van der Waals surface area contributed by atoms with Gasteiger partial charge in [0.2, 0.25) is 0 Å². The van der Waals surface area contributed by atoms with E-state index >= 15 is 0 Å². The zero-order valence-corrected chi connectivity index (χ0v) is 15.1. The number of hydrogen-bond donors (Lipinski definition) is 1. The molecule has 6 nitrogen and oxygen atoms in total. The standard InChI is InChI=1S/C19H26N2O4/c1-19(2,3)25-18(23)21-9-8-13-6-7-15(11-14(13)12-21)20-17(22)16-5-4-10-24-16/h6-7,11,16H,4-5,8-10,12H2,1-3H3,(H,20,22)/t16-/m0/s1. The first-order valence-electron chi connectivity index (χ1n) is 8.84. The number of amides is 2. The number of ether oxygens (including phenoxy) is 2. The molecule has 0 unspecified atom stereocenters. The fourth-order valence-corrected chi connectivity index (χ4v) is 3.12. The van der Waals surface area contributed by atoms with E-state index in [1.165, 1.54) is 5.56 Å². The third kappa shape index (κ3) is 4.51. The molecule has 1 N–H and O–H groups in total. The zero-order valence-electron chi connectivity index (χ0n) is 15.1. The van der Waals surface area contributed by atoms with Gasteiger partial charge < -0.3 is 19.7 Å². The van der Waals surface area contributed by atoms with Crippen LogP contribution in [0.2, 0.25) is 0 Å². The van der Waals surface area contributed by atoms with Crippen LogP contribution >= 0.6 is 0 Å². The van der Waals surface area contributed by atoms with Gasteiger partial charge in [0.15, 0.2) is 0 Å². The SMILES string of the molecule is CC(C)(C)OC(=O)N1CCc2ccc(NC(=O)[C@@H]3CCCO3)cc2C1. The summed E-state index contributed by atoms with van der Waals surface area (Å²) in [6, 6.07) is 5.88. The highest BCUT2D eigenvalue weighted by Gasteiger charge is 2.27. The fourth-order valence-electron chi connectivity index (χ4n) is 3.12. The van der Waals surface area contributed by atoms with E-state index in [0.29, 0.717) is 19.7 Å². The summed E-state index contributed by atoms with van der Waals surface area (Å²) in [6.07, 6.45) is 1.83. The normalized spacial score (nSPS) is 20.1. The van der Waals surface area contributed by atoms with Crippen LogP contribution in [0.15, 0.2) is 18.2 Å². The molecule has 136 valence electrons. The number of benzene rings is 1. The van der Waals surface area contributed by atoms with Crippen molar-refractivity contribution in [1.82, 2.24) is 4.90 Å². The lowest BCUT2D eigenvalue weighted by Crippen LogP contribution is -2.39. The molecule has 0 aliphatic carbocycles. The average molecular weight is 346 g/mol. The van der Waals surface area contributed by atoms with E-state index in [-0.39, 0.29) is 18.1 Å². The molecular formula is C19H26N2O4. The van der Waals surface area contributed by atoms with E-state index in [9.17, 15) is 9.59 Å². The first kappa shape index (κ1) is 17.7. The summed E-state index contributed by atoms with van der Waals surface area (Å²) in [7, 11) is 0. The van der Waals surface area contributed by atoms with Gasteiger partial charge in [-0.25, -0.2) is 4.79 Å². The van der Waals surface area contributed by atoms with Crippen LogP contribution in [-0.2, 0) is 27.2 Å². The quantitative estimate of drug-likeness (QED) is 0.893. The number of carbonyl (C=O) groups is 2. The molecule has 2 heterocycles. The van der Waals surface area contributed by atoms with E-state index in [2.05, 4.69) is 5.32 Å². The minimum absolute atomic E-state index is 0.0998. The summed E-state index contributed by atoms with van der Waals surface area (Å²) < 4.78 is 10.9. The van der Waals surface area contributed by atoms with Crippen molar-refractivity contribution < 1.29 is 19.1 Å². The molecule has 1 atom stereocenters. The largest absolute Gasteiger partial charge is 0.444 e. The molecule has 25 heavy (non-hydrogen) atoms. The third-order valence-corrected chi connectivity index (χ3v) is 4.36. The Bertz CT molecular complexity index is 660. The second-order valence-electron chi connectivity index (χ2n) is 7.63. The molecule has 2 aliphatic rings. The number of nitrogens with one attached hydrogen (secondary N) is 1. The predicted octanol–water partition coefficient (Wildman–Crippen LogP) is 3.10. The Hall–Kier alpha value is -2.08. The van der Waals surface area contributed by atoms with Crippen LogP contribution in [0.4, 0.5) is 10.5 Å². The molecule has 0 spiro atoms. The van der Waals surface area contributed by atoms with Crippen LogP contribution < -0.4 is 5.32 Å². The van der Waals surface area contributed by atoms with Crippen molar-refractivity contribution in [3.63, 3.8) is 0 Å². The minimum Gasteiger partial charge on any atom is -0.444 e. The Morgan fingerprint density at radius 2 is 2.08 bits per heavy atom. The fraction of sp³-hybridized carbons (Fsp3) is 0.579. The van der Waals surface area contributed by atoms with E-state index in [0.717, 1.165) is 30.5 Å². The summed E-state index contributed by atoms with van der Waals surface area (Å²) in [5, 5.41) is 2.92. The average Bonchev–Trinajstić information content (AvgIpc) is 3.07. The topological polar surface area (TPSA) is 67.9 Å². The lowest BCUT2D eigenvalue weighted by atomic mass is 9.99. The lowest BCUT2D eigenvalue weighted by molar-refractivity contribution is -0.124. The van der Waals surface area contributed by atoms with Crippen LogP contribution in [0.3, 0.4) is 0 Å². The maximum atomic E-state index is 12.3. The number of rotatable bonds is 2. The molecule has 1 saturated heterocycles. The monoisotopic (exact) mass is 346 g/mol. The summed E-state index contributed by atoms with van der Waals surface area (Å²) >= 11 is 0. The lowest BCUT2D eigenvalue weighted by Gasteiger charge is -2.31. The van der Waals surface area contributed by atoms with Crippen molar-refractivity contribution in [3.05, 3.63) is 29.3 Å². The maximum absolute atomic E-state index is 12.3. The maximum Gasteiger partial charge on any atom is 0.410 e. The van der Waals surface area contributed by atoms with Crippen LogP contribution in [0.1, 0.15) is 44.7 Å². The number of carbonyl (C=O) groups excluding carboxylic acids is 2. The summed E-state index contributed by atoms with van der Waals surface area (Å²) in [4.78, 5) is 26.2. The van der Waals surface area contributed by atoms with Gasteiger partial charge >= 0.3 is 6.09 Å². The molecule has 2 amide bonds. The molecule has 3 rings (SSSR count). The highest BCUT2D eigenvalue weighted by Crippen LogP contribution is 2.25. The summed E-state index contributed by atoms with van der Waals surface area (Å²) in [5.41, 5.74) is 2.48. The first-order valence-corrected chi connectivity index (χ1v) is 8.84. The molecule has 1 aromatic carbocycles. The molecule has 2 aliphatic heterocycles. The van der Waals surface area contributed by atoms with Crippen molar-refractivity contribution in [2.75, 3.05) is 18.5 Å².